The molecule has 1 amide bonds. The Morgan fingerprint density at radius 1 is 1.38 bits per heavy atom. The average molecular weight is 286 g/mol. The molecule has 21 heavy (non-hydrogen) atoms. The number of hydrogen-bond donors (Lipinski definition) is 1. The van der Waals surface area contributed by atoms with Crippen LogP contribution in [0.3, 0.4) is 0 Å². The Balaban J connectivity index is 2.00. The molecule has 0 radical (unpaired) electrons. The van der Waals surface area contributed by atoms with Crippen molar-refractivity contribution in [2.45, 2.75) is 26.6 Å². The maximum Gasteiger partial charge on any atom is 0.251 e. The zero-order valence-electron chi connectivity index (χ0n) is 12.8. The van der Waals surface area contributed by atoms with Crippen molar-refractivity contribution in [1.82, 2.24) is 19.8 Å². The monoisotopic (exact) mass is 286 g/mol. The lowest BCUT2D eigenvalue weighted by Crippen LogP contribution is -2.24. The highest BCUT2D eigenvalue weighted by Gasteiger charge is 2.08. The van der Waals surface area contributed by atoms with E-state index < -0.39 is 0 Å². The number of carbonyl (C=O) groups excluding carboxylic acids is 1. The second kappa shape index (κ2) is 7.04. The molecule has 0 aliphatic heterocycles. The summed E-state index contributed by atoms with van der Waals surface area (Å²) in [5.74, 6) is -0.0561. The molecule has 0 atom stereocenters. The van der Waals surface area contributed by atoms with Gasteiger partial charge in [0.2, 0.25) is 0 Å². The number of nitrogens with one attached hydrogen (secondary N) is 1. The van der Waals surface area contributed by atoms with Gasteiger partial charge in [-0.05, 0) is 38.7 Å². The third kappa shape index (κ3) is 4.16. The zero-order valence-corrected chi connectivity index (χ0v) is 12.8. The first-order valence-corrected chi connectivity index (χ1v) is 7.11. The Hall–Kier alpha value is -2.14. The molecule has 1 aromatic heterocycles. The van der Waals surface area contributed by atoms with Gasteiger partial charge < -0.3 is 14.8 Å². The van der Waals surface area contributed by atoms with Crippen LogP contribution in [0.5, 0.6) is 0 Å². The molecule has 0 saturated carbocycles. The van der Waals surface area contributed by atoms with E-state index in [1.54, 1.807) is 12.5 Å². The largest absolute Gasteiger partial charge is 0.346 e. The summed E-state index contributed by atoms with van der Waals surface area (Å²) < 4.78 is 2.02. The Morgan fingerprint density at radius 2 is 2.19 bits per heavy atom. The van der Waals surface area contributed by atoms with Crippen LogP contribution < -0.4 is 5.32 Å². The Bertz CT molecular complexity index is 604. The van der Waals surface area contributed by atoms with Gasteiger partial charge in [-0.25, -0.2) is 4.98 Å². The van der Waals surface area contributed by atoms with Gasteiger partial charge in [-0.3, -0.25) is 4.79 Å². The van der Waals surface area contributed by atoms with Gasteiger partial charge in [-0.1, -0.05) is 12.1 Å². The average Bonchev–Trinajstić information content (AvgIpc) is 2.91. The summed E-state index contributed by atoms with van der Waals surface area (Å²) in [6, 6.07) is 7.73. The molecular formula is C16H22N4O. The molecule has 0 saturated heterocycles. The predicted molar refractivity (Wildman–Crippen MR) is 82.9 cm³/mol. The zero-order chi connectivity index (χ0) is 15.2. The van der Waals surface area contributed by atoms with E-state index in [1.807, 2.05) is 42.9 Å². The maximum absolute atomic E-state index is 12.2. The number of imidazole rings is 1. The molecule has 0 aliphatic rings. The summed E-state index contributed by atoms with van der Waals surface area (Å²) in [6.07, 6.45) is 3.56. The molecule has 1 heterocycles. The second-order valence-corrected chi connectivity index (χ2v) is 5.29. The van der Waals surface area contributed by atoms with Crippen LogP contribution in [0.2, 0.25) is 0 Å². The summed E-state index contributed by atoms with van der Waals surface area (Å²) in [6.45, 7) is 4.22. The van der Waals surface area contributed by atoms with E-state index in [1.165, 1.54) is 0 Å². The van der Waals surface area contributed by atoms with Gasteiger partial charge in [-0.15, -0.1) is 0 Å². The lowest BCUT2D eigenvalue weighted by molar-refractivity contribution is 0.0950. The smallest absolute Gasteiger partial charge is 0.251 e. The molecule has 2 aromatic rings. The molecule has 2 rings (SSSR count). The fraction of sp³-hybridized carbons (Fsp3) is 0.375. The van der Waals surface area contributed by atoms with Crippen LogP contribution in [0.25, 0.3) is 0 Å². The molecule has 0 unspecified atom stereocenters. The van der Waals surface area contributed by atoms with Crippen LogP contribution in [-0.4, -0.2) is 34.5 Å². The van der Waals surface area contributed by atoms with E-state index in [-0.39, 0.29) is 5.91 Å². The summed E-state index contributed by atoms with van der Waals surface area (Å²) in [4.78, 5) is 18.4. The van der Waals surface area contributed by atoms with Gasteiger partial charge in [0.1, 0.15) is 0 Å². The van der Waals surface area contributed by atoms with Crippen LogP contribution in [-0.2, 0) is 19.6 Å². The standard InChI is InChI=1S/C16H22N4O/c1-4-20-12-17-9-15(20)10-18-16(21)14-7-5-6-13(8-14)11-19(2)3/h5-9,12H,4,10-11H2,1-3H3,(H,18,21). The third-order valence-electron chi connectivity index (χ3n) is 3.26. The number of rotatable bonds is 6. The van der Waals surface area contributed by atoms with Crippen molar-refractivity contribution in [3.05, 3.63) is 53.6 Å². The minimum atomic E-state index is -0.0561. The Morgan fingerprint density at radius 3 is 2.90 bits per heavy atom. The van der Waals surface area contributed by atoms with Crippen LogP contribution >= 0.6 is 0 Å². The highest BCUT2D eigenvalue weighted by atomic mass is 16.1. The minimum absolute atomic E-state index is 0.0561. The van der Waals surface area contributed by atoms with Crippen molar-refractivity contribution < 1.29 is 4.79 Å². The second-order valence-electron chi connectivity index (χ2n) is 5.29. The quantitative estimate of drug-likeness (QED) is 0.882. The van der Waals surface area contributed by atoms with E-state index >= 15 is 0 Å². The fourth-order valence-corrected chi connectivity index (χ4v) is 2.23. The van der Waals surface area contributed by atoms with Crippen molar-refractivity contribution in [3.63, 3.8) is 0 Å². The van der Waals surface area contributed by atoms with E-state index in [9.17, 15) is 4.79 Å². The molecule has 1 N–H and O–H groups in total. The van der Waals surface area contributed by atoms with Gasteiger partial charge in [0.25, 0.3) is 5.91 Å². The van der Waals surface area contributed by atoms with Gasteiger partial charge in [0.05, 0.1) is 18.6 Å². The molecule has 0 spiro atoms. The van der Waals surface area contributed by atoms with Gasteiger partial charge in [0, 0.05) is 24.8 Å². The summed E-state index contributed by atoms with van der Waals surface area (Å²) in [7, 11) is 4.03. The number of nitrogens with zero attached hydrogens (tertiary/aromatic N) is 3. The number of benzene rings is 1. The van der Waals surface area contributed by atoms with Gasteiger partial charge in [-0.2, -0.15) is 0 Å². The predicted octanol–water partition coefficient (Wildman–Crippen LogP) is 1.89. The van der Waals surface area contributed by atoms with Gasteiger partial charge in [0.15, 0.2) is 0 Å². The molecule has 0 aliphatic carbocycles. The van der Waals surface area contributed by atoms with Gasteiger partial charge >= 0.3 is 0 Å². The summed E-state index contributed by atoms with van der Waals surface area (Å²) >= 11 is 0. The SMILES string of the molecule is CCn1cncc1CNC(=O)c1cccc(CN(C)C)c1. The van der Waals surface area contributed by atoms with E-state index in [0.717, 1.165) is 24.3 Å². The summed E-state index contributed by atoms with van der Waals surface area (Å²) in [5.41, 5.74) is 2.83. The van der Waals surface area contributed by atoms with Crippen molar-refractivity contribution in [3.8, 4) is 0 Å². The number of amides is 1. The van der Waals surface area contributed by atoms with Crippen LogP contribution in [0.1, 0.15) is 28.5 Å². The number of aromatic nitrogens is 2. The topological polar surface area (TPSA) is 50.2 Å². The van der Waals surface area contributed by atoms with E-state index in [2.05, 4.69) is 22.1 Å². The molecular weight excluding hydrogens is 264 g/mol. The first-order valence-electron chi connectivity index (χ1n) is 7.11. The normalized spacial score (nSPS) is 10.9. The molecule has 5 heteroatoms. The molecule has 1 aromatic carbocycles. The number of aryl methyl sites for hydroxylation is 1. The van der Waals surface area contributed by atoms with Crippen molar-refractivity contribution in [2.24, 2.45) is 0 Å². The molecule has 0 bridgehead atoms. The number of hydrogen-bond acceptors (Lipinski definition) is 3. The lowest BCUT2D eigenvalue weighted by Gasteiger charge is -2.11. The first kappa shape index (κ1) is 15.3. The Labute approximate surface area is 125 Å². The van der Waals surface area contributed by atoms with Crippen LogP contribution in [0.4, 0.5) is 0 Å². The summed E-state index contributed by atoms with van der Waals surface area (Å²) in [5, 5.41) is 2.94. The minimum Gasteiger partial charge on any atom is -0.346 e. The third-order valence-corrected chi connectivity index (χ3v) is 3.26. The highest BCUT2D eigenvalue weighted by Crippen LogP contribution is 2.07. The van der Waals surface area contributed by atoms with Crippen LogP contribution in [0.15, 0.2) is 36.8 Å². The highest BCUT2D eigenvalue weighted by molar-refractivity contribution is 5.94. The van der Waals surface area contributed by atoms with Crippen molar-refractivity contribution in [1.29, 1.82) is 0 Å². The van der Waals surface area contributed by atoms with Crippen molar-refractivity contribution in [2.75, 3.05) is 14.1 Å². The maximum atomic E-state index is 12.2. The molecule has 0 fully saturated rings. The van der Waals surface area contributed by atoms with E-state index in [4.69, 9.17) is 0 Å². The van der Waals surface area contributed by atoms with Crippen molar-refractivity contribution >= 4 is 5.91 Å². The number of carbonyl (C=O) groups is 1. The molecule has 5 nitrogen and oxygen atoms in total. The van der Waals surface area contributed by atoms with E-state index in [0.29, 0.717) is 12.1 Å². The Kier molecular flexibility index (Phi) is 5.11. The molecule has 112 valence electrons. The fourth-order valence-electron chi connectivity index (χ4n) is 2.23. The first-order chi connectivity index (χ1) is 10.1. The lowest BCUT2D eigenvalue weighted by atomic mass is 10.1. The van der Waals surface area contributed by atoms with Crippen LogP contribution in [0, 0.1) is 0 Å².